The van der Waals surface area contributed by atoms with E-state index in [9.17, 15) is 22.8 Å². The average Bonchev–Trinajstić information content (AvgIpc) is 3.31. The fraction of sp³-hybridized carbons (Fsp3) is 0.500. The third-order valence-electron chi connectivity index (χ3n) is 7.85. The second-order valence-electron chi connectivity index (χ2n) is 11.5. The molecule has 216 valence electrons. The molecule has 0 bridgehead atoms. The van der Waals surface area contributed by atoms with Crippen molar-refractivity contribution in [2.45, 2.75) is 71.1 Å². The lowest BCUT2D eigenvalue weighted by Gasteiger charge is -2.41. The number of carbonyl (C=O) groups excluding carboxylic acids is 1. The molecule has 2 aliphatic rings. The number of hydrogen-bond acceptors (Lipinski definition) is 4. The molecule has 4 rings (SSSR count). The van der Waals surface area contributed by atoms with Crippen LogP contribution in [0.15, 0.2) is 53.5 Å². The lowest BCUT2D eigenvalue weighted by Crippen LogP contribution is -2.42. The molecular formula is C30H36F3N3O4. The Labute approximate surface area is 232 Å². The third-order valence-corrected chi connectivity index (χ3v) is 7.85. The van der Waals surface area contributed by atoms with Crippen molar-refractivity contribution in [2.75, 3.05) is 13.2 Å². The van der Waals surface area contributed by atoms with Crippen LogP contribution in [0.1, 0.15) is 80.4 Å². The Bertz CT molecular complexity index is 1230. The van der Waals surface area contributed by atoms with E-state index in [0.29, 0.717) is 11.5 Å². The molecule has 2 aromatic carbocycles. The molecule has 1 unspecified atom stereocenters. The van der Waals surface area contributed by atoms with E-state index in [-0.39, 0.29) is 54.7 Å². The second-order valence-corrected chi connectivity index (χ2v) is 11.5. The summed E-state index contributed by atoms with van der Waals surface area (Å²) in [7, 11) is 0. The number of ether oxygens (including phenoxy) is 1. The minimum atomic E-state index is -4.55. The standard InChI is InChI=1S/C30H36F3N3O4/c1-29(2,3)21-12-14-22(15-13-21)36-25(19-8-10-20(11-9-19)27(39)34-17-16-26(37)38)18-40-28(36)35-24-7-5-4-6-23(24)30(31,32)33/h4-11,21-22,25H,12-18H2,1-3H3,(H,34,39)(H,37,38)/b35-28-. The number of alkyl halides is 3. The first-order chi connectivity index (χ1) is 18.8. The minimum Gasteiger partial charge on any atom is -0.481 e. The zero-order valence-electron chi connectivity index (χ0n) is 23.0. The highest BCUT2D eigenvalue weighted by Gasteiger charge is 2.41. The number of halogens is 3. The molecule has 10 heteroatoms. The first kappa shape index (κ1) is 29.4. The number of nitrogens with zero attached hydrogens (tertiary/aromatic N) is 2. The molecule has 2 aromatic rings. The van der Waals surface area contributed by atoms with Crippen molar-refractivity contribution in [3.05, 3.63) is 65.2 Å². The number of para-hydroxylation sites is 1. The molecule has 2 fully saturated rings. The van der Waals surface area contributed by atoms with Gasteiger partial charge in [-0.1, -0.05) is 45.0 Å². The van der Waals surface area contributed by atoms with Crippen molar-refractivity contribution in [3.8, 4) is 0 Å². The molecular weight excluding hydrogens is 523 g/mol. The highest BCUT2D eigenvalue weighted by atomic mass is 19.4. The van der Waals surface area contributed by atoms with Crippen LogP contribution in [0.2, 0.25) is 0 Å². The van der Waals surface area contributed by atoms with Gasteiger partial charge >= 0.3 is 12.1 Å². The Morgan fingerprint density at radius 2 is 1.68 bits per heavy atom. The summed E-state index contributed by atoms with van der Waals surface area (Å²) in [6.45, 7) is 6.95. The maximum absolute atomic E-state index is 13.7. The summed E-state index contributed by atoms with van der Waals surface area (Å²) >= 11 is 0. The van der Waals surface area contributed by atoms with Crippen LogP contribution in [0.4, 0.5) is 18.9 Å². The monoisotopic (exact) mass is 559 g/mol. The van der Waals surface area contributed by atoms with Gasteiger partial charge in [0.25, 0.3) is 11.9 Å². The number of rotatable bonds is 7. The van der Waals surface area contributed by atoms with Crippen LogP contribution >= 0.6 is 0 Å². The summed E-state index contributed by atoms with van der Waals surface area (Å²) in [6, 6.07) is 12.1. The van der Waals surface area contributed by atoms with Gasteiger partial charge in [0.15, 0.2) is 0 Å². The summed E-state index contributed by atoms with van der Waals surface area (Å²) in [4.78, 5) is 29.5. The SMILES string of the molecule is CC(C)(C)C1CCC(N2/C(=N/c3ccccc3C(F)(F)F)OCC2c2ccc(C(=O)NCCC(=O)O)cc2)CC1. The number of carbonyl (C=O) groups is 2. The van der Waals surface area contributed by atoms with Crippen LogP contribution in [0, 0.1) is 11.3 Å². The fourth-order valence-electron chi connectivity index (χ4n) is 5.57. The van der Waals surface area contributed by atoms with Crippen molar-refractivity contribution in [1.82, 2.24) is 10.2 Å². The number of carboxylic acids is 1. The van der Waals surface area contributed by atoms with E-state index < -0.39 is 17.7 Å². The van der Waals surface area contributed by atoms with Gasteiger partial charge in [-0.15, -0.1) is 0 Å². The molecule has 1 aliphatic carbocycles. The second kappa shape index (κ2) is 11.9. The predicted octanol–water partition coefficient (Wildman–Crippen LogP) is 6.58. The number of aliphatic carboxylic acids is 1. The van der Waals surface area contributed by atoms with Gasteiger partial charge < -0.3 is 20.1 Å². The van der Waals surface area contributed by atoms with Gasteiger partial charge in [0.1, 0.15) is 6.61 Å². The van der Waals surface area contributed by atoms with Crippen molar-refractivity contribution < 1.29 is 32.6 Å². The lowest BCUT2D eigenvalue weighted by molar-refractivity contribution is -0.137. The highest BCUT2D eigenvalue weighted by molar-refractivity contribution is 5.94. The third kappa shape index (κ3) is 6.95. The molecule has 1 atom stereocenters. The fourth-order valence-corrected chi connectivity index (χ4v) is 5.57. The number of nitrogens with one attached hydrogen (secondary N) is 1. The Morgan fingerprint density at radius 3 is 2.27 bits per heavy atom. The molecule has 1 aliphatic heterocycles. The number of carboxylic acid groups (broad SMARTS) is 1. The molecule has 7 nitrogen and oxygen atoms in total. The van der Waals surface area contributed by atoms with Crippen LogP contribution in [-0.4, -0.2) is 47.1 Å². The van der Waals surface area contributed by atoms with Crippen molar-refractivity contribution >= 4 is 23.6 Å². The Balaban J connectivity index is 1.61. The Kier molecular flexibility index (Phi) is 8.75. The number of amidine groups is 1. The number of aliphatic imine (C=N–C) groups is 1. The van der Waals surface area contributed by atoms with Gasteiger partial charge in [-0.05, 0) is 66.8 Å². The van der Waals surface area contributed by atoms with E-state index in [0.717, 1.165) is 37.3 Å². The van der Waals surface area contributed by atoms with Gasteiger partial charge in [0.2, 0.25) is 0 Å². The van der Waals surface area contributed by atoms with E-state index in [1.54, 1.807) is 24.3 Å². The topological polar surface area (TPSA) is 91.2 Å². The molecule has 1 saturated heterocycles. The maximum Gasteiger partial charge on any atom is 0.418 e. The normalized spacial score (nSPS) is 22.7. The van der Waals surface area contributed by atoms with E-state index in [1.807, 2.05) is 4.90 Å². The van der Waals surface area contributed by atoms with Gasteiger partial charge in [-0.2, -0.15) is 18.2 Å². The smallest absolute Gasteiger partial charge is 0.418 e. The Morgan fingerprint density at radius 1 is 1.02 bits per heavy atom. The lowest BCUT2D eigenvalue weighted by atomic mass is 9.71. The van der Waals surface area contributed by atoms with E-state index in [2.05, 4.69) is 31.1 Å². The molecule has 0 aromatic heterocycles. The average molecular weight is 560 g/mol. The van der Waals surface area contributed by atoms with Crippen LogP contribution in [0.5, 0.6) is 0 Å². The maximum atomic E-state index is 13.7. The van der Waals surface area contributed by atoms with Crippen LogP contribution in [0.25, 0.3) is 0 Å². The molecule has 2 N–H and O–H groups in total. The van der Waals surface area contributed by atoms with Crippen LogP contribution < -0.4 is 5.32 Å². The molecule has 0 radical (unpaired) electrons. The van der Waals surface area contributed by atoms with Gasteiger partial charge in [-0.25, -0.2) is 0 Å². The molecule has 40 heavy (non-hydrogen) atoms. The molecule has 1 saturated carbocycles. The minimum absolute atomic E-state index is 0.0244. The summed E-state index contributed by atoms with van der Waals surface area (Å²) in [6.07, 6.45) is -0.986. The summed E-state index contributed by atoms with van der Waals surface area (Å²) in [5.41, 5.74) is 0.416. The van der Waals surface area contributed by atoms with E-state index >= 15 is 0 Å². The van der Waals surface area contributed by atoms with Gasteiger partial charge in [-0.3, -0.25) is 9.59 Å². The predicted molar refractivity (Wildman–Crippen MR) is 145 cm³/mol. The molecule has 1 amide bonds. The van der Waals surface area contributed by atoms with Crippen molar-refractivity contribution in [3.63, 3.8) is 0 Å². The number of benzene rings is 2. The van der Waals surface area contributed by atoms with Crippen molar-refractivity contribution in [1.29, 1.82) is 0 Å². The Hall–Kier alpha value is -3.56. The largest absolute Gasteiger partial charge is 0.481 e. The first-order valence-corrected chi connectivity index (χ1v) is 13.6. The van der Waals surface area contributed by atoms with Crippen LogP contribution in [0.3, 0.4) is 0 Å². The molecule has 1 heterocycles. The first-order valence-electron chi connectivity index (χ1n) is 13.6. The zero-order valence-corrected chi connectivity index (χ0v) is 23.0. The summed E-state index contributed by atoms with van der Waals surface area (Å²) in [5.74, 6) is -0.821. The summed E-state index contributed by atoms with van der Waals surface area (Å²) in [5, 5.41) is 11.4. The molecule has 0 spiro atoms. The number of amides is 1. The van der Waals surface area contributed by atoms with Gasteiger partial charge in [0, 0.05) is 18.2 Å². The van der Waals surface area contributed by atoms with Gasteiger partial charge in [0.05, 0.1) is 23.7 Å². The van der Waals surface area contributed by atoms with Crippen LogP contribution in [-0.2, 0) is 15.7 Å². The highest BCUT2D eigenvalue weighted by Crippen LogP contribution is 2.43. The summed E-state index contributed by atoms with van der Waals surface area (Å²) < 4.78 is 47.1. The number of hydrogen-bond donors (Lipinski definition) is 2. The van der Waals surface area contributed by atoms with Crippen molar-refractivity contribution in [2.24, 2.45) is 16.3 Å². The van der Waals surface area contributed by atoms with E-state index in [4.69, 9.17) is 9.84 Å². The zero-order chi connectivity index (χ0) is 29.1. The quantitative estimate of drug-likeness (QED) is 0.400. The van der Waals surface area contributed by atoms with E-state index in [1.165, 1.54) is 18.2 Å².